The van der Waals surface area contributed by atoms with Gasteiger partial charge in [-0.25, -0.2) is 19.3 Å². The molecule has 1 fully saturated rings. The lowest BCUT2D eigenvalue weighted by atomic mass is 10.1. The predicted octanol–water partition coefficient (Wildman–Crippen LogP) is 3.92. The van der Waals surface area contributed by atoms with Crippen LogP contribution in [0.4, 0.5) is 10.2 Å². The molecule has 2 aromatic heterocycles. The zero-order chi connectivity index (χ0) is 15.1. The van der Waals surface area contributed by atoms with Gasteiger partial charge in [-0.05, 0) is 30.4 Å². The highest BCUT2D eigenvalue weighted by Crippen LogP contribution is 2.44. The van der Waals surface area contributed by atoms with E-state index in [2.05, 4.69) is 20.3 Å². The largest absolute Gasteiger partial charge is 0.365 e. The molecular formula is C15H13FN4S2. The maximum absolute atomic E-state index is 13.3. The topological polar surface area (TPSA) is 50.7 Å². The number of rotatable bonds is 4. The molecule has 2 atom stereocenters. The van der Waals surface area contributed by atoms with E-state index >= 15 is 0 Å². The third-order valence-corrected chi connectivity index (χ3v) is 5.77. The Morgan fingerprint density at radius 2 is 2.27 bits per heavy atom. The van der Waals surface area contributed by atoms with E-state index in [1.807, 2.05) is 12.3 Å². The van der Waals surface area contributed by atoms with Crippen molar-refractivity contribution in [3.8, 4) is 0 Å². The van der Waals surface area contributed by atoms with Gasteiger partial charge in [0.1, 0.15) is 22.7 Å². The normalized spacial score (nSPS) is 20.3. The molecule has 0 unspecified atom stereocenters. The number of nitrogens with one attached hydrogen (secondary N) is 1. The average Bonchev–Trinajstić information content (AvgIpc) is 3.15. The molecule has 1 aliphatic carbocycles. The molecule has 1 N–H and O–H groups in total. The second kappa shape index (κ2) is 5.48. The molecule has 0 saturated heterocycles. The summed E-state index contributed by atoms with van der Waals surface area (Å²) in [6.45, 7) is 0. The minimum Gasteiger partial charge on any atom is -0.365 e. The van der Waals surface area contributed by atoms with Crippen LogP contribution in [0.3, 0.4) is 0 Å². The van der Waals surface area contributed by atoms with Crippen LogP contribution in [0, 0.1) is 5.82 Å². The van der Waals surface area contributed by atoms with Gasteiger partial charge in [0.25, 0.3) is 0 Å². The summed E-state index contributed by atoms with van der Waals surface area (Å²) in [5.74, 6) is 0.986. The molecule has 4 nitrogen and oxygen atoms in total. The van der Waals surface area contributed by atoms with Gasteiger partial charge in [-0.2, -0.15) is 0 Å². The number of halogens is 1. The number of thiazole rings is 1. The minimum atomic E-state index is -0.181. The minimum absolute atomic E-state index is 0.181. The van der Waals surface area contributed by atoms with Crippen molar-refractivity contribution in [1.29, 1.82) is 0 Å². The number of nitrogens with zero attached hydrogens (tertiary/aromatic N) is 3. The van der Waals surface area contributed by atoms with Crippen LogP contribution in [-0.4, -0.2) is 27.2 Å². The van der Waals surface area contributed by atoms with Gasteiger partial charge in [-0.3, -0.25) is 0 Å². The van der Waals surface area contributed by atoms with Crippen molar-refractivity contribution in [3.63, 3.8) is 0 Å². The van der Waals surface area contributed by atoms with Gasteiger partial charge in [-0.15, -0.1) is 11.3 Å². The van der Waals surface area contributed by atoms with Gasteiger partial charge in [0.15, 0.2) is 9.99 Å². The van der Waals surface area contributed by atoms with Crippen molar-refractivity contribution >= 4 is 39.3 Å². The van der Waals surface area contributed by atoms with E-state index in [0.29, 0.717) is 12.0 Å². The summed E-state index contributed by atoms with van der Waals surface area (Å²) in [5, 5.41) is 3.45. The highest BCUT2D eigenvalue weighted by Gasteiger charge is 2.39. The Morgan fingerprint density at radius 3 is 3.09 bits per heavy atom. The Bertz CT molecular complexity index is 835. The fourth-order valence-electron chi connectivity index (χ4n) is 2.56. The number of hydrogen-bond acceptors (Lipinski definition) is 6. The van der Waals surface area contributed by atoms with E-state index in [0.717, 1.165) is 32.5 Å². The Labute approximate surface area is 135 Å². The zero-order valence-corrected chi connectivity index (χ0v) is 13.4. The molecule has 0 aliphatic heterocycles. The van der Waals surface area contributed by atoms with E-state index in [4.69, 9.17) is 0 Å². The smallest absolute Gasteiger partial charge is 0.176 e. The quantitative estimate of drug-likeness (QED) is 0.734. The summed E-state index contributed by atoms with van der Waals surface area (Å²) in [7, 11) is 0. The molecule has 112 valence electrons. The van der Waals surface area contributed by atoms with Crippen LogP contribution in [0.1, 0.15) is 17.9 Å². The molecule has 0 bridgehead atoms. The van der Waals surface area contributed by atoms with Crippen LogP contribution in [-0.2, 0) is 0 Å². The maximum Gasteiger partial charge on any atom is 0.176 e. The van der Waals surface area contributed by atoms with Crippen molar-refractivity contribution in [2.24, 2.45) is 0 Å². The second-order valence-corrected chi connectivity index (χ2v) is 7.26. The monoisotopic (exact) mass is 332 g/mol. The molecule has 1 aliphatic rings. The number of hydrogen-bond donors (Lipinski definition) is 1. The van der Waals surface area contributed by atoms with Crippen LogP contribution >= 0.6 is 23.1 Å². The summed E-state index contributed by atoms with van der Waals surface area (Å²) in [6, 6.07) is 7.12. The van der Waals surface area contributed by atoms with Crippen molar-refractivity contribution < 1.29 is 4.39 Å². The van der Waals surface area contributed by atoms with Crippen molar-refractivity contribution in [1.82, 2.24) is 15.0 Å². The first-order chi connectivity index (χ1) is 10.7. The molecule has 1 aromatic carbocycles. The number of aromatic nitrogens is 3. The van der Waals surface area contributed by atoms with Crippen LogP contribution < -0.4 is 5.32 Å². The molecular weight excluding hydrogens is 319 g/mol. The lowest BCUT2D eigenvalue weighted by Gasteiger charge is -2.05. The number of anilines is 1. The lowest BCUT2D eigenvalue weighted by Crippen LogP contribution is -2.06. The highest BCUT2D eigenvalue weighted by molar-refractivity contribution is 8.00. The predicted molar refractivity (Wildman–Crippen MR) is 88.2 cm³/mol. The van der Waals surface area contributed by atoms with Gasteiger partial charge in [0.2, 0.25) is 0 Å². The Hall–Kier alpha value is -1.73. The molecule has 22 heavy (non-hydrogen) atoms. The van der Waals surface area contributed by atoms with E-state index in [-0.39, 0.29) is 5.82 Å². The molecule has 7 heteroatoms. The summed E-state index contributed by atoms with van der Waals surface area (Å²) < 4.78 is 15.3. The van der Waals surface area contributed by atoms with Gasteiger partial charge in [0.05, 0.1) is 0 Å². The van der Waals surface area contributed by atoms with Crippen LogP contribution in [0.2, 0.25) is 0 Å². The molecule has 2 heterocycles. The lowest BCUT2D eigenvalue weighted by molar-refractivity contribution is 0.625. The first kappa shape index (κ1) is 13.9. The maximum atomic E-state index is 13.3. The van der Waals surface area contributed by atoms with Crippen LogP contribution in [0.15, 0.2) is 34.9 Å². The fraction of sp³-hybridized carbons (Fsp3) is 0.267. The summed E-state index contributed by atoms with van der Waals surface area (Å²) in [6.07, 6.45) is 4.52. The van der Waals surface area contributed by atoms with Crippen LogP contribution in [0.5, 0.6) is 0 Å². The Balaban J connectivity index is 1.56. The first-order valence-corrected chi connectivity index (χ1v) is 8.96. The molecule has 0 radical (unpaired) electrons. The molecule has 4 rings (SSSR count). The van der Waals surface area contributed by atoms with Gasteiger partial charge in [-0.1, -0.05) is 23.9 Å². The molecule has 0 amide bonds. The van der Waals surface area contributed by atoms with E-state index in [1.54, 1.807) is 35.2 Å². The molecule has 3 aromatic rings. The fourth-order valence-corrected chi connectivity index (χ4v) is 4.03. The van der Waals surface area contributed by atoms with E-state index in [9.17, 15) is 4.39 Å². The second-order valence-electron chi connectivity index (χ2n) is 5.21. The third kappa shape index (κ3) is 2.55. The summed E-state index contributed by atoms with van der Waals surface area (Å²) in [5.41, 5.74) is 1.77. The van der Waals surface area contributed by atoms with Crippen molar-refractivity contribution in [3.05, 3.63) is 42.0 Å². The third-order valence-electron chi connectivity index (χ3n) is 3.74. The number of thioether (sulfide) groups is 1. The van der Waals surface area contributed by atoms with E-state index < -0.39 is 0 Å². The first-order valence-electron chi connectivity index (χ1n) is 6.92. The van der Waals surface area contributed by atoms with Crippen molar-refractivity contribution in [2.75, 3.05) is 11.6 Å². The van der Waals surface area contributed by atoms with E-state index in [1.165, 1.54) is 12.4 Å². The number of benzene rings is 1. The van der Waals surface area contributed by atoms with Gasteiger partial charge in [0, 0.05) is 12.0 Å². The van der Waals surface area contributed by atoms with Gasteiger partial charge >= 0.3 is 0 Å². The average molecular weight is 332 g/mol. The summed E-state index contributed by atoms with van der Waals surface area (Å²) in [4.78, 5) is 13.0. The van der Waals surface area contributed by atoms with Crippen LogP contribution in [0.25, 0.3) is 10.3 Å². The summed E-state index contributed by atoms with van der Waals surface area (Å²) >= 11 is 3.20. The zero-order valence-electron chi connectivity index (χ0n) is 11.8. The molecule has 1 saturated carbocycles. The Morgan fingerprint density at radius 1 is 1.36 bits per heavy atom. The van der Waals surface area contributed by atoms with Crippen molar-refractivity contribution in [2.45, 2.75) is 22.7 Å². The van der Waals surface area contributed by atoms with Gasteiger partial charge < -0.3 is 5.32 Å². The standard InChI is InChI=1S/C15H13FN4S2/c1-21-15-20-14-12(22-15)13(17-7-18-14)19-11-6-10(11)8-3-2-4-9(16)5-8/h2-5,7,10-11H,6H2,1H3,(H,17,18,19)/t10-,11+/m0/s1. The SMILES string of the molecule is CSc1nc2ncnc(N[C@@H]3C[C@H]3c3cccc(F)c3)c2s1. The Kier molecular flexibility index (Phi) is 3.46. The highest BCUT2D eigenvalue weighted by atomic mass is 32.2. The number of fused-ring (bicyclic) bond motifs is 1. The molecule has 0 spiro atoms.